The van der Waals surface area contributed by atoms with Crippen molar-refractivity contribution in [2.75, 3.05) is 6.61 Å². The van der Waals surface area contributed by atoms with Gasteiger partial charge >= 0.3 is 17.9 Å². The number of carbonyl (C=O) groups excluding carboxylic acids is 4. The zero-order valence-electron chi connectivity index (χ0n) is 16.5. The van der Waals surface area contributed by atoms with Gasteiger partial charge in [-0.15, -0.1) is 0 Å². The van der Waals surface area contributed by atoms with Gasteiger partial charge in [0.1, 0.15) is 24.6 Å². The van der Waals surface area contributed by atoms with Gasteiger partial charge in [-0.25, -0.2) is 9.59 Å². The molecule has 4 atom stereocenters. The van der Waals surface area contributed by atoms with Crippen LogP contribution in [0.4, 0.5) is 0 Å². The molecule has 3 heterocycles. The number of carbonyl (C=O) groups is 4. The number of esters is 3. The predicted molar refractivity (Wildman–Crippen MR) is 99.1 cm³/mol. The van der Waals surface area contributed by atoms with Crippen LogP contribution in [-0.2, 0) is 38.1 Å². The molecule has 0 amide bonds. The van der Waals surface area contributed by atoms with Gasteiger partial charge in [0.15, 0.2) is 5.60 Å². The first kappa shape index (κ1) is 20.6. The van der Waals surface area contributed by atoms with Gasteiger partial charge in [0.05, 0.1) is 5.92 Å². The van der Waals surface area contributed by atoms with Gasteiger partial charge in [-0.1, -0.05) is 13.2 Å². The van der Waals surface area contributed by atoms with Gasteiger partial charge < -0.3 is 18.9 Å². The Balaban J connectivity index is 2.07. The van der Waals surface area contributed by atoms with Gasteiger partial charge in [-0.3, -0.25) is 9.59 Å². The SMILES string of the molecule is C=C(C)C(=O)OC1CC2(C)OC(=CC2=O)C(COC(C)=O)=CC2OC(=O)C(=C)C21. The molecule has 3 aliphatic rings. The second-order valence-electron chi connectivity index (χ2n) is 7.53. The molecule has 0 aromatic carbocycles. The first-order valence-corrected chi connectivity index (χ1v) is 9.07. The molecule has 0 aliphatic carbocycles. The average molecular weight is 402 g/mol. The van der Waals surface area contributed by atoms with Crippen LogP contribution in [0.25, 0.3) is 0 Å². The van der Waals surface area contributed by atoms with E-state index in [2.05, 4.69) is 13.2 Å². The zero-order chi connectivity index (χ0) is 21.5. The van der Waals surface area contributed by atoms with Crippen LogP contribution in [0, 0.1) is 5.92 Å². The summed E-state index contributed by atoms with van der Waals surface area (Å²) in [5.74, 6) is -2.64. The van der Waals surface area contributed by atoms with Crippen molar-refractivity contribution in [3.63, 3.8) is 0 Å². The standard InChI is InChI=1S/C21H22O8/c1-10(2)19(24)28-16-8-21(5)17(23)7-14(29-21)13(9-26-12(4)22)6-15-18(16)11(3)20(25)27-15/h6-7,15-16,18H,1,3,8-9H2,2,4-5H3. The Kier molecular flexibility index (Phi) is 5.21. The normalized spacial score (nSPS) is 30.6. The van der Waals surface area contributed by atoms with Crippen LogP contribution in [0.3, 0.4) is 0 Å². The molecule has 0 radical (unpaired) electrons. The van der Waals surface area contributed by atoms with Gasteiger partial charge in [0.2, 0.25) is 5.78 Å². The fourth-order valence-electron chi connectivity index (χ4n) is 3.52. The average Bonchev–Trinajstić information content (AvgIpc) is 3.07. The smallest absolute Gasteiger partial charge is 0.334 e. The summed E-state index contributed by atoms with van der Waals surface area (Å²) < 4.78 is 21.9. The summed E-state index contributed by atoms with van der Waals surface area (Å²) in [5.41, 5.74) is -0.654. The van der Waals surface area contributed by atoms with Gasteiger partial charge in [-0.05, 0) is 19.9 Å². The molecular weight excluding hydrogens is 380 g/mol. The van der Waals surface area contributed by atoms with Crippen LogP contribution in [0.2, 0.25) is 0 Å². The van der Waals surface area contributed by atoms with Crippen LogP contribution in [0.15, 0.2) is 47.8 Å². The molecule has 29 heavy (non-hydrogen) atoms. The molecule has 1 fully saturated rings. The number of rotatable bonds is 4. The Hall–Kier alpha value is -3.16. The molecule has 2 bridgehead atoms. The van der Waals surface area contributed by atoms with Crippen molar-refractivity contribution in [1.82, 2.24) is 0 Å². The minimum Gasteiger partial charge on any atom is -0.479 e. The highest BCUT2D eigenvalue weighted by Crippen LogP contribution is 2.42. The quantitative estimate of drug-likeness (QED) is 0.398. The first-order valence-electron chi connectivity index (χ1n) is 9.07. The van der Waals surface area contributed by atoms with Crippen LogP contribution in [0.5, 0.6) is 0 Å². The fraction of sp³-hybridized carbons (Fsp3) is 0.429. The Bertz CT molecular complexity index is 892. The summed E-state index contributed by atoms with van der Waals surface area (Å²) in [5, 5.41) is 0. The molecule has 4 unspecified atom stereocenters. The van der Waals surface area contributed by atoms with Crippen molar-refractivity contribution in [1.29, 1.82) is 0 Å². The third-order valence-corrected chi connectivity index (χ3v) is 5.09. The van der Waals surface area contributed by atoms with Crippen LogP contribution in [0.1, 0.15) is 27.2 Å². The van der Waals surface area contributed by atoms with Gasteiger partial charge in [0, 0.05) is 36.1 Å². The summed E-state index contributed by atoms with van der Waals surface area (Å²) in [6.45, 7) is 11.5. The molecule has 0 aromatic heterocycles. The largest absolute Gasteiger partial charge is 0.479 e. The van der Waals surface area contributed by atoms with Crippen molar-refractivity contribution in [3.8, 4) is 0 Å². The third kappa shape index (κ3) is 3.87. The van der Waals surface area contributed by atoms with E-state index in [-0.39, 0.29) is 35.7 Å². The van der Waals surface area contributed by atoms with Crippen LogP contribution < -0.4 is 0 Å². The highest BCUT2D eigenvalue weighted by Gasteiger charge is 2.52. The van der Waals surface area contributed by atoms with Crippen LogP contribution in [-0.4, -0.2) is 48.1 Å². The van der Waals surface area contributed by atoms with Crippen molar-refractivity contribution in [3.05, 3.63) is 47.8 Å². The third-order valence-electron chi connectivity index (χ3n) is 5.09. The van der Waals surface area contributed by atoms with E-state index in [4.69, 9.17) is 18.9 Å². The molecule has 1 saturated heterocycles. The summed E-state index contributed by atoms with van der Waals surface area (Å²) in [6.07, 6.45) is 1.08. The number of ketones is 1. The summed E-state index contributed by atoms with van der Waals surface area (Å²) in [6, 6.07) is 0. The highest BCUT2D eigenvalue weighted by atomic mass is 16.6. The molecule has 3 rings (SSSR count). The number of fused-ring (bicyclic) bond motifs is 3. The predicted octanol–water partition coefficient (Wildman–Crippen LogP) is 1.71. The minimum atomic E-state index is -1.33. The van der Waals surface area contributed by atoms with Gasteiger partial charge in [-0.2, -0.15) is 0 Å². The molecule has 0 saturated carbocycles. The monoisotopic (exact) mass is 402 g/mol. The first-order chi connectivity index (χ1) is 13.5. The Morgan fingerprint density at radius 3 is 2.62 bits per heavy atom. The topological polar surface area (TPSA) is 105 Å². The summed E-state index contributed by atoms with van der Waals surface area (Å²) in [7, 11) is 0. The van der Waals surface area contributed by atoms with E-state index < -0.39 is 41.6 Å². The maximum atomic E-state index is 12.7. The van der Waals surface area contributed by atoms with Gasteiger partial charge in [0.25, 0.3) is 0 Å². The lowest BCUT2D eigenvalue weighted by atomic mass is 9.82. The lowest BCUT2D eigenvalue weighted by molar-refractivity contribution is -0.153. The minimum absolute atomic E-state index is 0.0175. The molecule has 0 aromatic rings. The number of hydrogen-bond donors (Lipinski definition) is 0. The summed E-state index contributed by atoms with van der Waals surface area (Å²) >= 11 is 0. The van der Waals surface area contributed by atoms with E-state index in [0.29, 0.717) is 5.57 Å². The van der Waals surface area contributed by atoms with Crippen molar-refractivity contribution >= 4 is 23.7 Å². The molecule has 8 heteroatoms. The van der Waals surface area contributed by atoms with Crippen molar-refractivity contribution in [2.45, 2.75) is 45.0 Å². The van der Waals surface area contributed by atoms with Crippen molar-refractivity contribution in [2.24, 2.45) is 5.92 Å². The lowest BCUT2D eigenvalue weighted by Crippen LogP contribution is -2.42. The fourth-order valence-corrected chi connectivity index (χ4v) is 3.52. The zero-order valence-corrected chi connectivity index (χ0v) is 16.5. The van der Waals surface area contributed by atoms with E-state index in [1.165, 1.54) is 19.9 Å². The molecule has 3 aliphatic heterocycles. The lowest BCUT2D eigenvalue weighted by Gasteiger charge is -2.31. The number of ether oxygens (including phenoxy) is 4. The van der Waals surface area contributed by atoms with E-state index in [1.54, 1.807) is 13.0 Å². The molecule has 0 N–H and O–H groups in total. The molecule has 0 spiro atoms. The van der Waals surface area contributed by atoms with E-state index in [9.17, 15) is 19.2 Å². The van der Waals surface area contributed by atoms with E-state index in [1.807, 2.05) is 0 Å². The summed E-state index contributed by atoms with van der Waals surface area (Å²) in [4.78, 5) is 48.4. The number of hydrogen-bond acceptors (Lipinski definition) is 8. The molecule has 154 valence electrons. The maximum absolute atomic E-state index is 12.7. The highest BCUT2D eigenvalue weighted by molar-refractivity contribution is 6.00. The van der Waals surface area contributed by atoms with Crippen LogP contribution >= 0.6 is 0 Å². The Labute approximate surface area is 167 Å². The van der Waals surface area contributed by atoms with E-state index in [0.717, 1.165) is 0 Å². The second-order valence-corrected chi connectivity index (χ2v) is 7.53. The van der Waals surface area contributed by atoms with Crippen molar-refractivity contribution < 1.29 is 38.1 Å². The molecular formula is C21H22O8. The van der Waals surface area contributed by atoms with E-state index >= 15 is 0 Å². The Morgan fingerprint density at radius 2 is 2.00 bits per heavy atom. The molecule has 8 nitrogen and oxygen atoms in total. The maximum Gasteiger partial charge on any atom is 0.334 e. The second kappa shape index (κ2) is 7.35. The Morgan fingerprint density at radius 1 is 1.31 bits per heavy atom.